The summed E-state index contributed by atoms with van der Waals surface area (Å²) in [5, 5.41) is 3.60. The highest BCUT2D eigenvalue weighted by Gasteiger charge is 2.29. The number of thioether (sulfide) groups is 1. The molecule has 0 saturated heterocycles. The molecule has 1 atom stereocenters. The predicted octanol–water partition coefficient (Wildman–Crippen LogP) is 6.40. The number of carbonyl (C=O) groups excluding carboxylic acids is 1. The minimum absolute atomic E-state index is 0.0821. The minimum atomic E-state index is -0.428. The largest absolute Gasteiger partial charge is 0.495 e. The van der Waals surface area contributed by atoms with Crippen molar-refractivity contribution in [2.45, 2.75) is 62.9 Å². The molecule has 1 aliphatic carbocycles. The van der Waals surface area contributed by atoms with Gasteiger partial charge in [0.2, 0.25) is 5.91 Å². The lowest BCUT2D eigenvalue weighted by molar-refractivity contribution is -0.115. The minimum Gasteiger partial charge on any atom is -0.495 e. The lowest BCUT2D eigenvalue weighted by atomic mass is 10.1. The van der Waals surface area contributed by atoms with E-state index in [1.165, 1.54) is 43.1 Å². The van der Waals surface area contributed by atoms with E-state index in [2.05, 4.69) is 23.7 Å². The van der Waals surface area contributed by atoms with Crippen molar-refractivity contribution in [2.75, 3.05) is 12.4 Å². The van der Waals surface area contributed by atoms with Gasteiger partial charge in [0.15, 0.2) is 5.16 Å². The molecule has 0 bridgehead atoms. The Morgan fingerprint density at radius 3 is 2.53 bits per heavy atom. The van der Waals surface area contributed by atoms with Crippen molar-refractivity contribution in [3.05, 3.63) is 71.0 Å². The van der Waals surface area contributed by atoms with Gasteiger partial charge in [-0.25, -0.2) is 4.98 Å². The molecular weight excluding hydrogens is 418 g/mol. The predicted molar refractivity (Wildman–Crippen MR) is 131 cm³/mol. The molecule has 0 radical (unpaired) electrons. The van der Waals surface area contributed by atoms with E-state index < -0.39 is 5.25 Å². The van der Waals surface area contributed by atoms with E-state index in [9.17, 15) is 4.79 Å². The van der Waals surface area contributed by atoms with Crippen LogP contribution in [0.2, 0.25) is 0 Å². The van der Waals surface area contributed by atoms with Crippen molar-refractivity contribution in [3.63, 3.8) is 0 Å². The van der Waals surface area contributed by atoms with Crippen LogP contribution >= 0.6 is 11.8 Å². The molecule has 5 nitrogen and oxygen atoms in total. The number of imidazole rings is 1. The molecule has 0 spiro atoms. The molecular formula is C26H31N3O2S. The van der Waals surface area contributed by atoms with Gasteiger partial charge in [-0.05, 0) is 56.9 Å². The zero-order chi connectivity index (χ0) is 22.7. The van der Waals surface area contributed by atoms with E-state index in [-0.39, 0.29) is 5.91 Å². The van der Waals surface area contributed by atoms with Crippen LogP contribution in [0.3, 0.4) is 0 Å². The van der Waals surface area contributed by atoms with Crippen LogP contribution in [0.4, 0.5) is 5.69 Å². The summed E-state index contributed by atoms with van der Waals surface area (Å²) in [5.41, 5.74) is 4.94. The fourth-order valence-electron chi connectivity index (χ4n) is 4.40. The van der Waals surface area contributed by atoms with Gasteiger partial charge in [0.1, 0.15) is 11.0 Å². The highest BCUT2D eigenvalue weighted by Crippen LogP contribution is 2.41. The molecule has 1 amide bonds. The summed E-state index contributed by atoms with van der Waals surface area (Å²) < 4.78 is 7.84. The first-order chi connectivity index (χ1) is 15.5. The molecule has 6 heteroatoms. The average molecular weight is 450 g/mol. The molecule has 4 rings (SSSR count). The fraction of sp³-hybridized carbons (Fsp3) is 0.385. The van der Waals surface area contributed by atoms with Crippen molar-refractivity contribution in [1.29, 1.82) is 0 Å². The number of ether oxygens (including phenoxy) is 1. The number of carbonyl (C=O) groups is 1. The summed E-state index contributed by atoms with van der Waals surface area (Å²) in [4.78, 5) is 18.5. The van der Waals surface area contributed by atoms with Crippen LogP contribution in [0.1, 0.15) is 59.5 Å². The van der Waals surface area contributed by atoms with Crippen molar-refractivity contribution < 1.29 is 9.53 Å². The molecule has 0 unspecified atom stereocenters. The first-order valence-electron chi connectivity index (χ1n) is 11.2. The van der Waals surface area contributed by atoms with Crippen LogP contribution in [-0.2, 0) is 4.79 Å². The molecule has 1 heterocycles. The Balaban J connectivity index is 1.68. The Morgan fingerprint density at radius 2 is 1.84 bits per heavy atom. The van der Waals surface area contributed by atoms with E-state index in [1.54, 1.807) is 7.11 Å². The Kier molecular flexibility index (Phi) is 6.89. The summed E-state index contributed by atoms with van der Waals surface area (Å²) in [6.07, 6.45) is 4.85. The molecule has 1 saturated carbocycles. The van der Waals surface area contributed by atoms with E-state index in [1.807, 2.05) is 55.5 Å². The van der Waals surface area contributed by atoms with Crippen LogP contribution in [0, 0.1) is 20.8 Å². The number of aryl methyl sites for hydroxylation is 2. The number of hydrogen-bond acceptors (Lipinski definition) is 4. The van der Waals surface area contributed by atoms with Crippen molar-refractivity contribution in [1.82, 2.24) is 9.55 Å². The second kappa shape index (κ2) is 9.82. The zero-order valence-electron chi connectivity index (χ0n) is 19.2. The maximum absolute atomic E-state index is 13.6. The third kappa shape index (κ3) is 4.70. The van der Waals surface area contributed by atoms with Crippen molar-refractivity contribution in [2.24, 2.45) is 0 Å². The van der Waals surface area contributed by atoms with E-state index in [4.69, 9.17) is 9.72 Å². The number of nitrogens with zero attached hydrogens (tertiary/aromatic N) is 2. The first-order valence-corrected chi connectivity index (χ1v) is 12.1. The first kappa shape index (κ1) is 22.5. The second-order valence-electron chi connectivity index (χ2n) is 8.48. The number of amides is 1. The van der Waals surface area contributed by atoms with Gasteiger partial charge in [0.25, 0.3) is 0 Å². The van der Waals surface area contributed by atoms with Gasteiger partial charge in [-0.15, -0.1) is 0 Å². The van der Waals surface area contributed by atoms with E-state index in [0.717, 1.165) is 22.0 Å². The number of anilines is 1. The Hall–Kier alpha value is -2.73. The van der Waals surface area contributed by atoms with Crippen molar-refractivity contribution >= 4 is 23.4 Å². The second-order valence-corrected chi connectivity index (χ2v) is 9.55. The summed E-state index contributed by atoms with van der Waals surface area (Å²) in [5.74, 6) is 0.571. The van der Waals surface area contributed by atoms with Crippen LogP contribution in [0.25, 0.3) is 0 Å². The fourth-order valence-corrected chi connectivity index (χ4v) is 5.65. The van der Waals surface area contributed by atoms with Crippen LogP contribution in [0.5, 0.6) is 5.75 Å². The third-order valence-electron chi connectivity index (χ3n) is 6.22. The van der Waals surface area contributed by atoms with Gasteiger partial charge in [-0.3, -0.25) is 4.79 Å². The molecule has 2 aromatic carbocycles. The van der Waals surface area contributed by atoms with Gasteiger partial charge in [-0.1, -0.05) is 61.0 Å². The average Bonchev–Trinajstić information content (AvgIpc) is 3.41. The Labute approximate surface area is 194 Å². The molecule has 1 aromatic heterocycles. The monoisotopic (exact) mass is 449 g/mol. The zero-order valence-corrected chi connectivity index (χ0v) is 20.0. The molecule has 3 aromatic rings. The summed E-state index contributed by atoms with van der Waals surface area (Å²) >= 11 is 1.53. The smallest absolute Gasteiger partial charge is 0.242 e. The molecule has 1 fully saturated rings. The highest BCUT2D eigenvalue weighted by molar-refractivity contribution is 8.00. The topological polar surface area (TPSA) is 56.1 Å². The SMILES string of the molecule is COc1ccc(C)cc1NC(=O)[C@H](Sc1nc(C)c(C)n1C1CCCC1)c1ccccc1. The van der Waals surface area contributed by atoms with Gasteiger partial charge in [-0.2, -0.15) is 0 Å². The number of methoxy groups -OCH3 is 1. The number of hydrogen-bond donors (Lipinski definition) is 1. The Morgan fingerprint density at radius 1 is 1.12 bits per heavy atom. The highest BCUT2D eigenvalue weighted by atomic mass is 32.2. The summed E-state index contributed by atoms with van der Waals surface area (Å²) in [6, 6.07) is 16.2. The molecule has 32 heavy (non-hydrogen) atoms. The number of benzene rings is 2. The van der Waals surface area contributed by atoms with E-state index in [0.29, 0.717) is 17.5 Å². The van der Waals surface area contributed by atoms with Crippen LogP contribution in [0.15, 0.2) is 53.7 Å². The normalized spacial score (nSPS) is 15.0. The standard InChI is InChI=1S/C26H31N3O2S/c1-17-14-15-23(31-4)22(16-17)28-25(30)24(20-10-6-5-7-11-20)32-26-27-18(2)19(3)29(26)21-12-8-9-13-21/h5-7,10-11,14-16,21,24H,8-9,12-13H2,1-4H3,(H,28,30)/t24-/m1/s1. The van der Waals surface area contributed by atoms with Crippen molar-refractivity contribution in [3.8, 4) is 5.75 Å². The summed E-state index contributed by atoms with van der Waals surface area (Å²) in [6.45, 7) is 6.20. The van der Waals surface area contributed by atoms with Crippen LogP contribution < -0.4 is 10.1 Å². The quantitative estimate of drug-likeness (QED) is 0.424. The van der Waals surface area contributed by atoms with Gasteiger partial charge in [0.05, 0.1) is 18.5 Å². The molecule has 0 aliphatic heterocycles. The lowest BCUT2D eigenvalue weighted by Crippen LogP contribution is -2.20. The number of rotatable bonds is 7. The van der Waals surface area contributed by atoms with E-state index >= 15 is 0 Å². The summed E-state index contributed by atoms with van der Waals surface area (Å²) in [7, 11) is 1.62. The number of aromatic nitrogens is 2. The maximum Gasteiger partial charge on any atom is 0.242 e. The van der Waals surface area contributed by atoms with Gasteiger partial charge < -0.3 is 14.6 Å². The van der Waals surface area contributed by atoms with Gasteiger partial charge in [0, 0.05) is 11.7 Å². The number of nitrogens with one attached hydrogen (secondary N) is 1. The maximum atomic E-state index is 13.6. The molecule has 168 valence electrons. The molecule has 1 aliphatic rings. The Bertz CT molecular complexity index is 1090. The van der Waals surface area contributed by atoms with Crippen LogP contribution in [-0.4, -0.2) is 22.6 Å². The lowest BCUT2D eigenvalue weighted by Gasteiger charge is -2.21. The van der Waals surface area contributed by atoms with Gasteiger partial charge >= 0.3 is 0 Å². The third-order valence-corrected chi connectivity index (χ3v) is 7.44. The molecule has 1 N–H and O–H groups in total.